The lowest BCUT2D eigenvalue weighted by Crippen LogP contribution is -2.31. The molecular formula is C17H16Cl2N2O2. The monoisotopic (exact) mass is 350 g/mol. The third-order valence-corrected chi connectivity index (χ3v) is 3.89. The minimum Gasteiger partial charge on any atom is -0.360 e. The van der Waals surface area contributed by atoms with Crippen LogP contribution in [0.2, 0.25) is 10.0 Å². The number of rotatable bonds is 6. The maximum absolute atomic E-state index is 12.9. The second kappa shape index (κ2) is 7.49. The molecule has 0 N–H and O–H groups in total. The Bertz CT molecular complexity index is 723. The molecule has 0 bridgehead atoms. The molecule has 0 saturated heterocycles. The molecule has 0 aliphatic heterocycles. The van der Waals surface area contributed by atoms with Crippen molar-refractivity contribution in [3.8, 4) is 11.3 Å². The Kier molecular flexibility index (Phi) is 5.64. The van der Waals surface area contributed by atoms with E-state index in [9.17, 15) is 4.79 Å². The smallest absolute Gasteiger partial charge is 0.260 e. The predicted molar refractivity (Wildman–Crippen MR) is 93.0 cm³/mol. The topological polar surface area (TPSA) is 46.3 Å². The Morgan fingerprint density at radius 3 is 2.35 bits per heavy atom. The molecule has 2 rings (SSSR count). The van der Waals surface area contributed by atoms with E-state index in [0.29, 0.717) is 45.7 Å². The van der Waals surface area contributed by atoms with Crippen molar-refractivity contribution < 1.29 is 9.32 Å². The zero-order chi connectivity index (χ0) is 17.0. The molecule has 0 atom stereocenters. The maximum Gasteiger partial charge on any atom is 0.260 e. The van der Waals surface area contributed by atoms with Gasteiger partial charge in [0.1, 0.15) is 17.0 Å². The van der Waals surface area contributed by atoms with Gasteiger partial charge in [0, 0.05) is 18.7 Å². The third-order valence-electron chi connectivity index (χ3n) is 3.26. The molecule has 0 unspecified atom stereocenters. The largest absolute Gasteiger partial charge is 0.360 e. The SMILES string of the molecule is C=CCN(CC=C)C(=O)c1c(-c2c(Cl)cccc2Cl)noc1C. The highest BCUT2D eigenvalue weighted by Crippen LogP contribution is 2.37. The number of amides is 1. The van der Waals surface area contributed by atoms with E-state index in [2.05, 4.69) is 18.3 Å². The van der Waals surface area contributed by atoms with Crippen LogP contribution in [0.3, 0.4) is 0 Å². The fourth-order valence-electron chi connectivity index (χ4n) is 2.23. The van der Waals surface area contributed by atoms with Gasteiger partial charge in [-0.25, -0.2) is 0 Å². The summed E-state index contributed by atoms with van der Waals surface area (Å²) in [5, 5.41) is 4.79. The molecule has 2 aromatic rings. The van der Waals surface area contributed by atoms with Gasteiger partial charge in [-0.2, -0.15) is 0 Å². The molecule has 1 aromatic carbocycles. The first-order valence-electron chi connectivity index (χ1n) is 6.93. The molecule has 0 aliphatic carbocycles. The average molecular weight is 351 g/mol. The molecule has 120 valence electrons. The van der Waals surface area contributed by atoms with Crippen LogP contribution in [-0.4, -0.2) is 29.1 Å². The van der Waals surface area contributed by atoms with Crippen LogP contribution in [0.1, 0.15) is 16.1 Å². The van der Waals surface area contributed by atoms with Crippen LogP contribution in [0, 0.1) is 6.92 Å². The van der Waals surface area contributed by atoms with Crippen LogP contribution in [-0.2, 0) is 0 Å². The molecule has 23 heavy (non-hydrogen) atoms. The molecule has 0 saturated carbocycles. The molecule has 6 heteroatoms. The van der Waals surface area contributed by atoms with Crippen molar-refractivity contribution in [2.45, 2.75) is 6.92 Å². The van der Waals surface area contributed by atoms with Gasteiger partial charge in [0.2, 0.25) is 0 Å². The number of hydrogen-bond donors (Lipinski definition) is 0. The Morgan fingerprint density at radius 1 is 1.26 bits per heavy atom. The van der Waals surface area contributed by atoms with Gasteiger partial charge in [-0.05, 0) is 19.1 Å². The Morgan fingerprint density at radius 2 is 1.83 bits per heavy atom. The van der Waals surface area contributed by atoms with E-state index in [1.165, 1.54) is 0 Å². The van der Waals surface area contributed by atoms with Crippen molar-refractivity contribution in [2.24, 2.45) is 0 Å². The van der Waals surface area contributed by atoms with Crippen LogP contribution in [0.25, 0.3) is 11.3 Å². The van der Waals surface area contributed by atoms with Crippen molar-refractivity contribution in [3.05, 3.63) is 64.9 Å². The lowest BCUT2D eigenvalue weighted by Gasteiger charge is -2.19. The van der Waals surface area contributed by atoms with Crippen LogP contribution >= 0.6 is 23.2 Å². The standard InChI is InChI=1S/C17H16Cl2N2O2/c1-4-9-21(10-5-2)17(22)14-11(3)23-20-16(14)15-12(18)7-6-8-13(15)19/h4-8H,1-2,9-10H2,3H3. The van der Waals surface area contributed by atoms with Crippen molar-refractivity contribution >= 4 is 29.1 Å². The summed E-state index contributed by atoms with van der Waals surface area (Å²) in [5.74, 6) is 0.161. The summed E-state index contributed by atoms with van der Waals surface area (Å²) in [5.41, 5.74) is 1.15. The van der Waals surface area contributed by atoms with E-state index >= 15 is 0 Å². The molecule has 4 nitrogen and oxygen atoms in total. The molecule has 1 aromatic heterocycles. The number of hydrogen-bond acceptors (Lipinski definition) is 3. The minimum absolute atomic E-state index is 0.241. The molecule has 0 fully saturated rings. The minimum atomic E-state index is -0.241. The summed E-state index contributed by atoms with van der Waals surface area (Å²) in [6.07, 6.45) is 3.29. The van der Waals surface area contributed by atoms with E-state index in [-0.39, 0.29) is 5.91 Å². The van der Waals surface area contributed by atoms with E-state index < -0.39 is 0 Å². The van der Waals surface area contributed by atoms with Gasteiger partial charge >= 0.3 is 0 Å². The summed E-state index contributed by atoms with van der Waals surface area (Å²) in [6.45, 7) is 9.77. The number of aryl methyl sites for hydroxylation is 1. The van der Waals surface area contributed by atoms with Gasteiger partial charge in [0.25, 0.3) is 5.91 Å². The van der Waals surface area contributed by atoms with Gasteiger partial charge in [-0.3, -0.25) is 4.79 Å². The summed E-state index contributed by atoms with van der Waals surface area (Å²) < 4.78 is 5.22. The van der Waals surface area contributed by atoms with E-state index in [1.807, 2.05) is 0 Å². The van der Waals surface area contributed by atoms with E-state index in [4.69, 9.17) is 27.7 Å². The average Bonchev–Trinajstić information content (AvgIpc) is 2.88. The molecule has 0 aliphatic rings. The molecule has 0 spiro atoms. The number of benzene rings is 1. The summed E-state index contributed by atoms with van der Waals surface area (Å²) in [7, 11) is 0. The van der Waals surface area contributed by atoms with Crippen molar-refractivity contribution in [2.75, 3.05) is 13.1 Å². The fourth-order valence-corrected chi connectivity index (χ4v) is 2.81. The van der Waals surface area contributed by atoms with Crippen LogP contribution in [0.15, 0.2) is 48.0 Å². The highest BCUT2D eigenvalue weighted by Gasteiger charge is 2.27. The number of halogens is 2. The first-order valence-corrected chi connectivity index (χ1v) is 7.68. The zero-order valence-corrected chi connectivity index (χ0v) is 14.2. The van der Waals surface area contributed by atoms with Crippen LogP contribution in [0.4, 0.5) is 0 Å². The van der Waals surface area contributed by atoms with Crippen molar-refractivity contribution in [3.63, 3.8) is 0 Å². The Balaban J connectivity index is 2.56. The fraction of sp³-hybridized carbons (Fsp3) is 0.176. The first-order chi connectivity index (χ1) is 11.0. The van der Waals surface area contributed by atoms with Crippen LogP contribution in [0.5, 0.6) is 0 Å². The van der Waals surface area contributed by atoms with Gasteiger partial charge in [0.05, 0.1) is 10.0 Å². The third kappa shape index (κ3) is 3.49. The summed E-state index contributed by atoms with van der Waals surface area (Å²) in [6, 6.07) is 5.10. The van der Waals surface area contributed by atoms with Gasteiger partial charge < -0.3 is 9.42 Å². The maximum atomic E-state index is 12.9. The van der Waals surface area contributed by atoms with Crippen molar-refractivity contribution in [1.29, 1.82) is 0 Å². The second-order valence-corrected chi connectivity index (χ2v) is 5.66. The Hall–Kier alpha value is -2.04. The normalized spacial score (nSPS) is 10.4. The quantitative estimate of drug-likeness (QED) is 0.704. The lowest BCUT2D eigenvalue weighted by molar-refractivity contribution is 0.0790. The number of carbonyl (C=O) groups is 1. The molecule has 1 heterocycles. The zero-order valence-electron chi connectivity index (χ0n) is 12.7. The number of carbonyl (C=O) groups excluding carboxylic acids is 1. The van der Waals surface area contributed by atoms with Gasteiger partial charge in [0.15, 0.2) is 0 Å². The highest BCUT2D eigenvalue weighted by atomic mass is 35.5. The van der Waals surface area contributed by atoms with E-state index in [1.54, 1.807) is 42.2 Å². The summed E-state index contributed by atoms with van der Waals surface area (Å²) >= 11 is 12.5. The highest BCUT2D eigenvalue weighted by molar-refractivity contribution is 6.39. The van der Waals surface area contributed by atoms with Crippen molar-refractivity contribution in [1.82, 2.24) is 10.1 Å². The van der Waals surface area contributed by atoms with Crippen LogP contribution < -0.4 is 0 Å². The second-order valence-electron chi connectivity index (χ2n) is 4.85. The molecule has 0 radical (unpaired) electrons. The van der Waals surface area contributed by atoms with Gasteiger partial charge in [-0.15, -0.1) is 13.2 Å². The van der Waals surface area contributed by atoms with Gasteiger partial charge in [-0.1, -0.05) is 46.6 Å². The first kappa shape index (κ1) is 17.3. The molecule has 1 amide bonds. The summed E-state index contributed by atoms with van der Waals surface area (Å²) in [4.78, 5) is 14.4. The Labute approximate surface area is 145 Å². The number of nitrogens with zero attached hydrogens (tertiary/aromatic N) is 2. The molecular weight excluding hydrogens is 335 g/mol. The number of aromatic nitrogens is 1. The lowest BCUT2D eigenvalue weighted by atomic mass is 10.0. The van der Waals surface area contributed by atoms with E-state index in [0.717, 1.165) is 0 Å². The predicted octanol–water partition coefficient (Wildman–Crippen LogP) is 4.77.